The van der Waals surface area contributed by atoms with Crippen molar-refractivity contribution in [1.82, 2.24) is 24.5 Å². The van der Waals surface area contributed by atoms with Gasteiger partial charge in [0.15, 0.2) is 17.5 Å². The van der Waals surface area contributed by atoms with E-state index in [2.05, 4.69) is 94.5 Å². The highest BCUT2D eigenvalue weighted by atomic mass is 32.1. The zero-order chi connectivity index (χ0) is 33.0. The maximum absolute atomic E-state index is 5.08. The lowest BCUT2D eigenvalue weighted by atomic mass is 10.0. The average Bonchev–Trinajstić information content (AvgIpc) is 3.73. The summed E-state index contributed by atoms with van der Waals surface area (Å²) in [5, 5.41) is 4.96. The number of nitrogens with zero attached hydrogens (tertiary/aromatic N) is 5. The Morgan fingerprint density at radius 1 is 0.420 bits per heavy atom. The zero-order valence-electron chi connectivity index (χ0n) is 26.7. The monoisotopic (exact) mass is 657 g/mol. The van der Waals surface area contributed by atoms with Crippen molar-refractivity contribution in [3.05, 3.63) is 164 Å². The van der Waals surface area contributed by atoms with E-state index in [9.17, 15) is 0 Å². The molecular weight excluding hydrogens is 631 g/mol. The van der Waals surface area contributed by atoms with Gasteiger partial charge in [0.2, 0.25) is 0 Å². The lowest BCUT2D eigenvalue weighted by Gasteiger charge is -2.14. The number of aromatic nitrogens is 5. The Kier molecular flexibility index (Phi) is 6.60. The largest absolute Gasteiger partial charge is 0.307 e. The molecule has 0 atom stereocenters. The number of benzene rings is 6. The molecule has 0 N–H and O–H groups in total. The molecule has 0 bridgehead atoms. The van der Waals surface area contributed by atoms with Gasteiger partial charge in [0.25, 0.3) is 0 Å². The van der Waals surface area contributed by atoms with Crippen LogP contribution in [0, 0.1) is 0 Å². The van der Waals surface area contributed by atoms with Crippen LogP contribution in [-0.2, 0) is 0 Å². The van der Waals surface area contributed by atoms with Gasteiger partial charge in [-0.3, -0.25) is 4.98 Å². The second-order valence-electron chi connectivity index (χ2n) is 12.3. The van der Waals surface area contributed by atoms with Crippen LogP contribution < -0.4 is 0 Å². The minimum Gasteiger partial charge on any atom is -0.307 e. The molecule has 0 amide bonds. The third-order valence-corrected chi connectivity index (χ3v) is 10.5. The van der Waals surface area contributed by atoms with E-state index in [1.165, 1.54) is 36.5 Å². The van der Waals surface area contributed by atoms with E-state index in [0.29, 0.717) is 17.5 Å². The van der Waals surface area contributed by atoms with Gasteiger partial charge in [0.1, 0.15) is 0 Å². The number of thiophene rings is 1. The summed E-state index contributed by atoms with van der Waals surface area (Å²) in [6, 6.07) is 53.0. The fraction of sp³-hybridized carbons (Fsp3) is 0. The molecule has 10 aromatic rings. The molecule has 6 aromatic carbocycles. The van der Waals surface area contributed by atoms with Gasteiger partial charge in [-0.2, -0.15) is 0 Å². The first kappa shape index (κ1) is 28.5. The maximum Gasteiger partial charge on any atom is 0.166 e. The van der Waals surface area contributed by atoms with Crippen molar-refractivity contribution < 1.29 is 0 Å². The molecule has 0 aliphatic heterocycles. The molecule has 0 unspecified atom stereocenters. The molecule has 50 heavy (non-hydrogen) atoms. The maximum atomic E-state index is 5.08. The lowest BCUT2D eigenvalue weighted by molar-refractivity contribution is 1.06. The van der Waals surface area contributed by atoms with Gasteiger partial charge < -0.3 is 4.57 Å². The van der Waals surface area contributed by atoms with E-state index in [4.69, 9.17) is 15.0 Å². The molecule has 0 fully saturated rings. The number of hydrogen-bond acceptors (Lipinski definition) is 5. The standard InChI is InChI=1S/C44H27N5S/c1-3-11-28(12-4-1)42-46-43(29-13-5-2-6-14-29)48-44(47-42)36-23-24-45-27-39(36)49-37-17-9-7-15-32(37)33-21-19-30(25-38(33)49)31-20-22-35-34-16-8-10-18-40(34)50-41(35)26-31/h1-27H. The Hall–Kier alpha value is -6.50. The summed E-state index contributed by atoms with van der Waals surface area (Å²) in [7, 11) is 0. The van der Waals surface area contributed by atoms with Crippen LogP contribution in [0.2, 0.25) is 0 Å². The smallest absolute Gasteiger partial charge is 0.166 e. The van der Waals surface area contributed by atoms with Gasteiger partial charge in [-0.05, 0) is 41.5 Å². The van der Waals surface area contributed by atoms with Crippen LogP contribution in [0.15, 0.2) is 164 Å². The Morgan fingerprint density at radius 2 is 1.00 bits per heavy atom. The van der Waals surface area contributed by atoms with Crippen molar-refractivity contribution in [2.45, 2.75) is 0 Å². The summed E-state index contributed by atoms with van der Waals surface area (Å²) in [4.78, 5) is 19.7. The third kappa shape index (κ3) is 4.69. The van der Waals surface area contributed by atoms with Gasteiger partial charge in [0.05, 0.1) is 22.9 Å². The summed E-state index contributed by atoms with van der Waals surface area (Å²) < 4.78 is 4.91. The highest BCUT2D eigenvalue weighted by molar-refractivity contribution is 7.25. The quantitative estimate of drug-likeness (QED) is 0.185. The van der Waals surface area contributed by atoms with Crippen LogP contribution in [0.4, 0.5) is 0 Å². The number of para-hydroxylation sites is 1. The molecular formula is C44H27N5S. The Morgan fingerprint density at radius 3 is 1.76 bits per heavy atom. The Bertz CT molecular complexity index is 2820. The molecule has 0 saturated carbocycles. The Labute approximate surface area is 291 Å². The average molecular weight is 658 g/mol. The number of fused-ring (bicyclic) bond motifs is 6. The van der Waals surface area contributed by atoms with Gasteiger partial charge in [0, 0.05) is 53.8 Å². The molecule has 0 radical (unpaired) electrons. The molecule has 0 saturated heterocycles. The normalized spacial score (nSPS) is 11.6. The molecule has 4 aromatic heterocycles. The zero-order valence-corrected chi connectivity index (χ0v) is 27.5. The van der Waals surface area contributed by atoms with E-state index in [-0.39, 0.29) is 0 Å². The van der Waals surface area contributed by atoms with Crippen molar-refractivity contribution >= 4 is 53.3 Å². The number of pyridine rings is 1. The van der Waals surface area contributed by atoms with Crippen molar-refractivity contribution in [3.63, 3.8) is 0 Å². The van der Waals surface area contributed by atoms with E-state index in [0.717, 1.165) is 39.0 Å². The fourth-order valence-corrected chi connectivity index (χ4v) is 8.14. The first-order valence-electron chi connectivity index (χ1n) is 16.5. The van der Waals surface area contributed by atoms with E-state index >= 15 is 0 Å². The van der Waals surface area contributed by atoms with Crippen molar-refractivity contribution in [2.24, 2.45) is 0 Å². The van der Waals surface area contributed by atoms with Crippen LogP contribution in [-0.4, -0.2) is 24.5 Å². The summed E-state index contributed by atoms with van der Waals surface area (Å²) in [6.45, 7) is 0. The Balaban J connectivity index is 1.20. The summed E-state index contributed by atoms with van der Waals surface area (Å²) in [5.74, 6) is 1.84. The van der Waals surface area contributed by atoms with E-state index in [1.807, 2.05) is 90.5 Å². The summed E-state index contributed by atoms with van der Waals surface area (Å²) >= 11 is 1.84. The molecule has 0 spiro atoms. The fourth-order valence-electron chi connectivity index (χ4n) is 7.00. The molecule has 0 aliphatic rings. The first-order chi connectivity index (χ1) is 24.8. The van der Waals surface area contributed by atoms with Crippen molar-refractivity contribution in [1.29, 1.82) is 0 Å². The minimum absolute atomic E-state index is 0.590. The molecule has 10 rings (SSSR count). The van der Waals surface area contributed by atoms with E-state index in [1.54, 1.807) is 0 Å². The number of rotatable bonds is 5. The van der Waals surface area contributed by atoms with Crippen LogP contribution in [0.3, 0.4) is 0 Å². The van der Waals surface area contributed by atoms with Crippen molar-refractivity contribution in [2.75, 3.05) is 0 Å². The SMILES string of the molecule is c1ccc(-c2nc(-c3ccccc3)nc(-c3ccncc3-n3c4ccccc4c4ccc(-c5ccc6c(c5)sc5ccccc56)cc43)n2)cc1. The minimum atomic E-state index is 0.590. The van der Waals surface area contributed by atoms with Gasteiger partial charge >= 0.3 is 0 Å². The predicted octanol–water partition coefficient (Wildman–Crippen LogP) is 11.4. The lowest BCUT2D eigenvalue weighted by Crippen LogP contribution is -2.04. The highest BCUT2D eigenvalue weighted by Crippen LogP contribution is 2.40. The van der Waals surface area contributed by atoms with Crippen LogP contribution in [0.25, 0.3) is 93.0 Å². The second kappa shape index (κ2) is 11.6. The molecule has 6 heteroatoms. The summed E-state index contributed by atoms with van der Waals surface area (Å²) in [5.41, 5.74) is 8.17. The third-order valence-electron chi connectivity index (χ3n) is 9.37. The first-order valence-corrected chi connectivity index (χ1v) is 17.4. The molecule has 5 nitrogen and oxygen atoms in total. The van der Waals surface area contributed by atoms with E-state index < -0.39 is 0 Å². The van der Waals surface area contributed by atoms with Crippen molar-refractivity contribution in [3.8, 4) is 51.0 Å². The van der Waals surface area contributed by atoms with Crippen LogP contribution >= 0.6 is 11.3 Å². The van der Waals surface area contributed by atoms with Gasteiger partial charge in [-0.15, -0.1) is 11.3 Å². The molecule has 0 aliphatic carbocycles. The molecule has 4 heterocycles. The van der Waals surface area contributed by atoms with Crippen LogP contribution in [0.1, 0.15) is 0 Å². The summed E-state index contributed by atoms with van der Waals surface area (Å²) in [6.07, 6.45) is 3.73. The number of hydrogen-bond donors (Lipinski definition) is 0. The second-order valence-corrected chi connectivity index (χ2v) is 13.4. The van der Waals surface area contributed by atoms with Crippen LogP contribution in [0.5, 0.6) is 0 Å². The highest BCUT2D eigenvalue weighted by Gasteiger charge is 2.20. The predicted molar refractivity (Wildman–Crippen MR) is 207 cm³/mol. The molecule has 234 valence electrons. The van der Waals surface area contributed by atoms with Gasteiger partial charge in [-0.1, -0.05) is 121 Å². The van der Waals surface area contributed by atoms with Gasteiger partial charge in [-0.25, -0.2) is 15.0 Å². The topological polar surface area (TPSA) is 56.5 Å².